The first-order chi connectivity index (χ1) is 71.2. The molecular formula is C90H90N18O18. The Morgan fingerprint density at radius 3 is 0.833 bits per heavy atom. The van der Waals surface area contributed by atoms with Crippen molar-refractivity contribution in [1.29, 1.82) is 0 Å². The van der Waals surface area contributed by atoms with E-state index in [1.165, 1.54) is 42.5 Å². The van der Waals surface area contributed by atoms with Gasteiger partial charge in [-0.1, -0.05) is 36.4 Å². The number of aromatic nitrogens is 12. The molecule has 6 fully saturated rings. The number of anilines is 6. The predicted molar refractivity (Wildman–Crippen MR) is 468 cm³/mol. The van der Waals surface area contributed by atoms with E-state index in [1.54, 1.807) is 30.3 Å². The van der Waals surface area contributed by atoms with Crippen LogP contribution in [-0.2, 0) is 57.5 Å². The number of nitrogen functional groups attached to an aromatic ring is 6. The number of ketones is 12. The number of carbonyl (C=O) groups excluding carboxylic acids is 12. The molecule has 0 amide bonds. The summed E-state index contributed by atoms with van der Waals surface area (Å²) in [6.45, 7) is -6.87. The van der Waals surface area contributed by atoms with Crippen molar-refractivity contribution in [1.82, 2.24) is 57.3 Å². The molecule has 12 aromatic rings. The van der Waals surface area contributed by atoms with Gasteiger partial charge in [-0.25, -0.2) is 29.9 Å². The lowest BCUT2D eigenvalue weighted by Crippen LogP contribution is -2.36. The van der Waals surface area contributed by atoms with E-state index in [-0.39, 0.29) is 194 Å². The molecule has 36 heteroatoms. The minimum atomic E-state index is -3.09. The van der Waals surface area contributed by atoms with Crippen LogP contribution in [0.4, 0.5) is 34.1 Å². The van der Waals surface area contributed by atoms with Crippen LogP contribution in [0.3, 0.4) is 0 Å². The van der Waals surface area contributed by atoms with Gasteiger partial charge in [0, 0.05) is 95.9 Å². The number of Topliss-reactive ketones (excluding diaryl/α,β-unsaturated/α-hetero) is 12. The quantitative estimate of drug-likeness (QED) is 0.0727. The first kappa shape index (κ1) is 59.7. The topological polar surface area (TPSA) is 570 Å². The van der Waals surface area contributed by atoms with E-state index < -0.39 is 267 Å². The molecule has 6 aromatic heterocycles. The van der Waals surface area contributed by atoms with Gasteiger partial charge in [-0.2, -0.15) is 0 Å². The maximum Gasteiger partial charge on any atom is 0.264 e. The smallest absolute Gasteiger partial charge is 0.264 e. The Labute approximate surface area is 752 Å². The molecule has 648 valence electrons. The highest BCUT2D eigenvalue weighted by atomic mass is 16.2. The summed E-state index contributed by atoms with van der Waals surface area (Å²) in [6, 6.07) is 2.72. The summed E-state index contributed by atoms with van der Waals surface area (Å²) in [4.78, 5) is 246. The first-order valence-corrected chi connectivity index (χ1v) is 37.8. The van der Waals surface area contributed by atoms with Crippen LogP contribution < -0.4 is 67.8 Å². The third-order valence-corrected chi connectivity index (χ3v) is 20.4. The average Bonchev–Trinajstić information content (AvgIpc) is 0.719. The summed E-state index contributed by atoms with van der Waals surface area (Å²) in [5.74, 6) is -10.5. The first-order valence-electron chi connectivity index (χ1n) is 52.4. The highest BCUT2D eigenvalue weighted by Gasteiger charge is 2.38. The molecule has 12 N–H and O–H groups in total. The molecule has 0 saturated heterocycles. The lowest BCUT2D eigenvalue weighted by Gasteiger charge is -2.24. The molecule has 0 spiro atoms. The lowest BCUT2D eigenvalue weighted by atomic mass is 9.92. The molecule has 6 unspecified atom stereocenters. The number of fused-ring (bicyclic) bond motifs is 6. The monoisotopic (exact) mass is 1740 g/mol. The summed E-state index contributed by atoms with van der Waals surface area (Å²) in [5, 5.41) is -0.765. The maximum atomic E-state index is 13.1. The number of hydrogen-bond acceptors (Lipinski definition) is 30. The molecule has 0 aliphatic heterocycles. The third kappa shape index (κ3) is 17.8. The zero-order valence-electron chi connectivity index (χ0n) is 93.0. The van der Waals surface area contributed by atoms with E-state index in [0.29, 0.717) is 19.2 Å². The Morgan fingerprint density at radius 2 is 0.540 bits per heavy atom. The van der Waals surface area contributed by atoms with Gasteiger partial charge in [0.1, 0.15) is 69.6 Å². The van der Waals surface area contributed by atoms with Crippen molar-refractivity contribution in [2.45, 2.75) is 193 Å². The Kier molecular flexibility index (Phi) is 17.3. The second-order valence-corrected chi connectivity index (χ2v) is 28.7. The van der Waals surface area contributed by atoms with Crippen LogP contribution in [0.25, 0.3) is 65.4 Å². The van der Waals surface area contributed by atoms with Crippen molar-refractivity contribution < 1.29 is 94.5 Å². The number of hydrogen-bond donors (Lipinski definition) is 6. The van der Waals surface area contributed by atoms with Crippen molar-refractivity contribution >= 4 is 169 Å². The zero-order valence-corrected chi connectivity index (χ0v) is 66.0. The SMILES string of the molecule is [2H]C([2H])c1nc2cccc(N)c2c(=O)n1C1([2H])CCC(=O)CC1=O.[2H]C([2H])c1nc2cccc(N)c2c(=O)n1C1C(=O)CC(=O)C([2H])([2H])C1([2H])[2H].[2H]Cc1nc2c([2H])c([2H])c([2H])c(N)c2c(=O)n1C1([2H])CCC(=O)CC1=O.[2H]Cc1nc2cccc(N)c2c(=O)n1C1([2H])CCC(=O)CC1=O.[2H]Cc1nc2cccc(N)c2c(=O)n1C1C(=O)CC(=O)C([2H])([2H])C1([2H])[2H].[2H]c1c([2H])c(N)c2c(=O)n(C3([2H])CCC(=O)CC3=O)c(C([2H])[2H])nc2c1[2H]. The van der Waals surface area contributed by atoms with Gasteiger partial charge in [-0.15, -0.1) is 0 Å². The van der Waals surface area contributed by atoms with E-state index in [2.05, 4.69) is 29.9 Å². The van der Waals surface area contributed by atoms with Gasteiger partial charge >= 0.3 is 0 Å². The van der Waals surface area contributed by atoms with E-state index in [0.717, 1.165) is 13.7 Å². The van der Waals surface area contributed by atoms with Crippen LogP contribution in [0.15, 0.2) is 138 Å². The fraction of sp³-hybridized carbons (Fsp3) is 0.333. The highest BCUT2D eigenvalue weighted by molar-refractivity contribution is 6.08. The molecule has 6 aromatic carbocycles. The number of rotatable bonds is 6. The van der Waals surface area contributed by atoms with Gasteiger partial charge in [0.05, 0.1) is 154 Å². The summed E-state index contributed by atoms with van der Waals surface area (Å²) < 4.78 is 217. The zero-order chi connectivity index (χ0) is 114. The standard InChI is InChI=1S/6C15H15N3O3/c6*1-8-17-11-4-2-3-10(16)14(11)15(21)18(8)12-6-5-9(19)7-13(12)20/h6*2-4,12H,5-7,16H2,1H3/i1D2,2D,3D,4D,12D;1D,2D,3D,4D,12D;1D2,5D2,6D2;1D,5D2,6D2;1D2,12D;1D,12D. The molecule has 18 rings (SSSR count). The van der Waals surface area contributed by atoms with Crippen molar-refractivity contribution in [3.8, 4) is 0 Å². The molecule has 6 heterocycles. The average molecular weight is 1740 g/mol. The summed E-state index contributed by atoms with van der Waals surface area (Å²) in [7, 11) is 0. The van der Waals surface area contributed by atoms with Crippen molar-refractivity contribution in [3.05, 3.63) is 206 Å². The van der Waals surface area contributed by atoms with Crippen molar-refractivity contribution in [3.63, 3.8) is 0 Å². The molecular weight excluding hydrogens is 1620 g/mol. The highest BCUT2D eigenvalue weighted by Crippen LogP contribution is 2.33. The second kappa shape index (κ2) is 36.6. The summed E-state index contributed by atoms with van der Waals surface area (Å²) in [5.41, 5.74) is 29.5. The third-order valence-electron chi connectivity index (χ3n) is 20.4. The van der Waals surface area contributed by atoms with Crippen molar-refractivity contribution in [2.75, 3.05) is 34.4 Å². The minimum absolute atomic E-state index is 0.000262. The van der Waals surface area contributed by atoms with E-state index in [9.17, 15) is 86.3 Å². The van der Waals surface area contributed by atoms with Crippen LogP contribution in [-0.4, -0.2) is 127 Å². The Bertz CT molecular complexity index is 8440. The van der Waals surface area contributed by atoms with Gasteiger partial charge in [-0.05, 0) is 152 Å². The lowest BCUT2D eigenvalue weighted by molar-refractivity contribution is -0.133. The van der Waals surface area contributed by atoms with Gasteiger partial charge in [-0.3, -0.25) is 114 Å². The number of benzene rings is 6. The summed E-state index contributed by atoms with van der Waals surface area (Å²) in [6.07, 6.45) is -16.7. The summed E-state index contributed by atoms with van der Waals surface area (Å²) >= 11 is 0. The Hall–Kier alpha value is -15.0. The molecule has 0 bridgehead atoms. The molecule has 126 heavy (non-hydrogen) atoms. The van der Waals surface area contributed by atoms with Crippen LogP contribution in [0.5, 0.6) is 0 Å². The van der Waals surface area contributed by atoms with Gasteiger partial charge in [0.15, 0.2) is 34.7 Å². The normalized spacial score (nSPS) is 26.3. The Morgan fingerprint density at radius 1 is 0.302 bits per heavy atom. The molecule has 6 saturated carbocycles. The fourth-order valence-electron chi connectivity index (χ4n) is 14.5. The maximum absolute atomic E-state index is 13.1. The number of nitrogens with zero attached hydrogens (tertiary/aromatic N) is 12. The van der Waals surface area contributed by atoms with E-state index >= 15 is 0 Å². The number of aryl methyl sites for hydroxylation is 6. The van der Waals surface area contributed by atoms with Crippen LogP contribution in [0.1, 0.15) is 223 Å². The van der Waals surface area contributed by atoms with Crippen LogP contribution in [0, 0.1) is 41.3 Å². The fourth-order valence-corrected chi connectivity index (χ4v) is 14.5. The molecule has 6 aliphatic rings. The molecule has 36 nitrogen and oxygen atoms in total. The molecule has 6 atom stereocenters. The molecule has 6 aliphatic carbocycles. The largest absolute Gasteiger partial charge is 0.398 e. The van der Waals surface area contributed by atoms with Crippen molar-refractivity contribution in [2.24, 2.45) is 0 Å². The molecule has 0 radical (unpaired) electrons. The second-order valence-electron chi connectivity index (χ2n) is 28.7. The predicted octanol–water partition coefficient (Wildman–Crippen LogP) is 6.90. The van der Waals surface area contributed by atoms with E-state index in [4.69, 9.17) is 71.4 Å². The number of nitrogens with two attached hydrogens (primary N) is 6. The minimum Gasteiger partial charge on any atom is -0.398 e. The Balaban J connectivity index is 0.000000153. The number of carbonyl (C=O) groups is 12. The van der Waals surface area contributed by atoms with Gasteiger partial charge in [0.2, 0.25) is 0 Å². The van der Waals surface area contributed by atoms with E-state index in [1.807, 2.05) is 0 Å². The van der Waals surface area contributed by atoms with Gasteiger partial charge < -0.3 is 34.4 Å². The van der Waals surface area contributed by atoms with Crippen LogP contribution in [0.2, 0.25) is 0 Å². The van der Waals surface area contributed by atoms with Crippen LogP contribution >= 0.6 is 0 Å². The van der Waals surface area contributed by atoms with Gasteiger partial charge in [0.25, 0.3) is 33.4 Å².